The lowest BCUT2D eigenvalue weighted by molar-refractivity contribution is 0.293. The average molecular weight is 291 g/mol. The Hall–Kier alpha value is -1.94. The highest BCUT2D eigenvalue weighted by atomic mass is 19.1. The number of para-hydroxylation sites is 1. The molecule has 2 nitrogen and oxygen atoms in total. The van der Waals surface area contributed by atoms with E-state index in [2.05, 4.69) is 0 Å². The summed E-state index contributed by atoms with van der Waals surface area (Å²) >= 11 is 0. The summed E-state index contributed by atoms with van der Waals surface area (Å²) in [5.74, 6) is -0.257. The van der Waals surface area contributed by atoms with Gasteiger partial charge < -0.3 is 10.5 Å². The molecule has 0 aliphatic heterocycles. The van der Waals surface area contributed by atoms with E-state index >= 15 is 0 Å². The van der Waals surface area contributed by atoms with Gasteiger partial charge in [0.2, 0.25) is 0 Å². The summed E-state index contributed by atoms with van der Waals surface area (Å²) < 4.78 is 32.5. The number of aryl methyl sites for hydroxylation is 1. The van der Waals surface area contributed by atoms with Crippen LogP contribution in [-0.4, -0.2) is 6.04 Å². The van der Waals surface area contributed by atoms with Crippen molar-refractivity contribution in [2.75, 3.05) is 0 Å². The topological polar surface area (TPSA) is 35.2 Å². The van der Waals surface area contributed by atoms with Crippen LogP contribution >= 0.6 is 0 Å². The zero-order chi connectivity index (χ0) is 15.4. The van der Waals surface area contributed by atoms with E-state index in [1.807, 2.05) is 32.0 Å². The van der Waals surface area contributed by atoms with Gasteiger partial charge in [-0.1, -0.05) is 18.2 Å². The van der Waals surface area contributed by atoms with Gasteiger partial charge in [-0.3, -0.25) is 0 Å². The Morgan fingerprint density at radius 3 is 2.62 bits per heavy atom. The third-order valence-electron chi connectivity index (χ3n) is 3.22. The van der Waals surface area contributed by atoms with E-state index in [4.69, 9.17) is 10.5 Å². The third kappa shape index (κ3) is 4.02. The molecule has 0 aromatic heterocycles. The Labute approximate surface area is 123 Å². The van der Waals surface area contributed by atoms with Crippen molar-refractivity contribution in [1.29, 1.82) is 0 Å². The standard InChI is InChI=1S/C17H19F2NO/c1-11-4-3-5-13(8-12(2)20)17(11)21-10-14-9-15(18)6-7-16(14)19/h3-7,9,12H,8,10,20H2,1-2H3. The molecular formula is C17H19F2NO. The molecule has 0 saturated heterocycles. The molecule has 0 amide bonds. The van der Waals surface area contributed by atoms with Crippen molar-refractivity contribution in [1.82, 2.24) is 0 Å². The van der Waals surface area contributed by atoms with Crippen molar-refractivity contribution in [3.63, 3.8) is 0 Å². The highest BCUT2D eigenvalue weighted by Gasteiger charge is 2.11. The molecule has 0 aliphatic carbocycles. The summed E-state index contributed by atoms with van der Waals surface area (Å²) in [6, 6.07) is 9.14. The first-order chi connectivity index (χ1) is 9.97. The molecule has 0 bridgehead atoms. The van der Waals surface area contributed by atoms with Gasteiger partial charge in [-0.05, 0) is 49.6 Å². The molecule has 2 rings (SSSR count). The molecule has 0 spiro atoms. The van der Waals surface area contributed by atoms with Crippen molar-refractivity contribution in [3.05, 3.63) is 64.7 Å². The number of rotatable bonds is 5. The Balaban J connectivity index is 2.21. The maximum absolute atomic E-state index is 13.6. The van der Waals surface area contributed by atoms with E-state index < -0.39 is 11.6 Å². The fraction of sp³-hybridized carbons (Fsp3) is 0.294. The molecule has 112 valence electrons. The monoisotopic (exact) mass is 291 g/mol. The maximum atomic E-state index is 13.6. The van der Waals surface area contributed by atoms with Crippen LogP contribution in [0.25, 0.3) is 0 Å². The molecule has 4 heteroatoms. The molecule has 2 aromatic rings. The molecule has 2 aromatic carbocycles. The van der Waals surface area contributed by atoms with E-state index in [1.165, 1.54) is 0 Å². The summed E-state index contributed by atoms with van der Waals surface area (Å²) in [4.78, 5) is 0. The Kier molecular flexibility index (Phi) is 4.91. The summed E-state index contributed by atoms with van der Waals surface area (Å²) in [5.41, 5.74) is 7.95. The zero-order valence-corrected chi connectivity index (χ0v) is 12.2. The molecule has 2 N–H and O–H groups in total. The Morgan fingerprint density at radius 1 is 1.14 bits per heavy atom. The number of hydrogen-bond donors (Lipinski definition) is 1. The normalized spacial score (nSPS) is 12.2. The van der Waals surface area contributed by atoms with Gasteiger partial charge in [0.25, 0.3) is 0 Å². The van der Waals surface area contributed by atoms with Crippen molar-refractivity contribution >= 4 is 0 Å². The number of halogens is 2. The predicted molar refractivity (Wildman–Crippen MR) is 79.2 cm³/mol. The highest BCUT2D eigenvalue weighted by molar-refractivity contribution is 5.41. The van der Waals surface area contributed by atoms with Gasteiger partial charge in [0.15, 0.2) is 0 Å². The summed E-state index contributed by atoms with van der Waals surface area (Å²) in [7, 11) is 0. The van der Waals surface area contributed by atoms with Crippen LogP contribution in [0.2, 0.25) is 0 Å². The summed E-state index contributed by atoms with van der Waals surface area (Å²) in [5, 5.41) is 0. The number of nitrogens with two attached hydrogens (primary N) is 1. The second-order valence-electron chi connectivity index (χ2n) is 5.27. The van der Waals surface area contributed by atoms with Gasteiger partial charge in [0, 0.05) is 11.6 Å². The van der Waals surface area contributed by atoms with Crippen LogP contribution in [0, 0.1) is 18.6 Å². The Bertz CT molecular complexity index is 626. The molecule has 0 aliphatic rings. The van der Waals surface area contributed by atoms with Crippen LogP contribution in [-0.2, 0) is 13.0 Å². The van der Waals surface area contributed by atoms with Crippen molar-refractivity contribution in [2.24, 2.45) is 5.73 Å². The second kappa shape index (κ2) is 6.68. The molecule has 0 fully saturated rings. The molecule has 21 heavy (non-hydrogen) atoms. The minimum atomic E-state index is -0.476. The van der Waals surface area contributed by atoms with Crippen molar-refractivity contribution in [3.8, 4) is 5.75 Å². The molecule has 1 unspecified atom stereocenters. The third-order valence-corrected chi connectivity index (χ3v) is 3.22. The van der Waals surface area contributed by atoms with Crippen LogP contribution in [0.1, 0.15) is 23.6 Å². The van der Waals surface area contributed by atoms with E-state index in [1.54, 1.807) is 0 Å². The van der Waals surface area contributed by atoms with Crippen LogP contribution in [0.3, 0.4) is 0 Å². The molecule has 0 heterocycles. The summed E-state index contributed by atoms with van der Waals surface area (Å²) in [6.07, 6.45) is 0.669. The molecule has 0 saturated carbocycles. The van der Waals surface area contributed by atoms with Gasteiger partial charge >= 0.3 is 0 Å². The van der Waals surface area contributed by atoms with Crippen LogP contribution in [0.5, 0.6) is 5.75 Å². The maximum Gasteiger partial charge on any atom is 0.130 e. The van der Waals surface area contributed by atoms with Crippen LogP contribution in [0.15, 0.2) is 36.4 Å². The van der Waals surface area contributed by atoms with Crippen molar-refractivity contribution in [2.45, 2.75) is 32.9 Å². The largest absolute Gasteiger partial charge is 0.488 e. The molecule has 1 atom stereocenters. The lowest BCUT2D eigenvalue weighted by Gasteiger charge is -2.16. The summed E-state index contributed by atoms with van der Waals surface area (Å²) in [6.45, 7) is 3.82. The van der Waals surface area contributed by atoms with Gasteiger partial charge in [-0.15, -0.1) is 0 Å². The van der Waals surface area contributed by atoms with Gasteiger partial charge in [0.1, 0.15) is 24.0 Å². The van der Waals surface area contributed by atoms with E-state index in [0.717, 1.165) is 29.3 Å². The first-order valence-electron chi connectivity index (χ1n) is 6.88. The average Bonchev–Trinajstić information content (AvgIpc) is 2.41. The van der Waals surface area contributed by atoms with E-state index in [9.17, 15) is 8.78 Å². The number of benzene rings is 2. The number of ether oxygens (including phenoxy) is 1. The fourth-order valence-electron chi connectivity index (χ4n) is 2.23. The molecule has 0 radical (unpaired) electrons. The molecular weight excluding hydrogens is 272 g/mol. The fourth-order valence-corrected chi connectivity index (χ4v) is 2.23. The SMILES string of the molecule is Cc1cccc(CC(C)N)c1OCc1cc(F)ccc1F. The Morgan fingerprint density at radius 2 is 1.90 bits per heavy atom. The van der Waals surface area contributed by atoms with Gasteiger partial charge in [-0.25, -0.2) is 8.78 Å². The minimum Gasteiger partial charge on any atom is -0.488 e. The van der Waals surface area contributed by atoms with E-state index in [-0.39, 0.29) is 18.2 Å². The smallest absolute Gasteiger partial charge is 0.130 e. The van der Waals surface area contributed by atoms with Gasteiger partial charge in [-0.2, -0.15) is 0 Å². The quantitative estimate of drug-likeness (QED) is 0.910. The van der Waals surface area contributed by atoms with Gasteiger partial charge in [0.05, 0.1) is 0 Å². The van der Waals surface area contributed by atoms with Crippen LogP contribution in [0.4, 0.5) is 8.78 Å². The number of hydrogen-bond acceptors (Lipinski definition) is 2. The lowest BCUT2D eigenvalue weighted by atomic mass is 10.0. The zero-order valence-electron chi connectivity index (χ0n) is 12.2. The lowest BCUT2D eigenvalue weighted by Crippen LogP contribution is -2.18. The first kappa shape index (κ1) is 15.4. The predicted octanol–water partition coefficient (Wildman–Crippen LogP) is 3.74. The van der Waals surface area contributed by atoms with E-state index in [0.29, 0.717) is 12.2 Å². The first-order valence-corrected chi connectivity index (χ1v) is 6.88. The highest BCUT2D eigenvalue weighted by Crippen LogP contribution is 2.26. The van der Waals surface area contributed by atoms with Crippen LogP contribution < -0.4 is 10.5 Å². The second-order valence-corrected chi connectivity index (χ2v) is 5.27. The minimum absolute atomic E-state index is 0.0000517. The van der Waals surface area contributed by atoms with Crippen molar-refractivity contribution < 1.29 is 13.5 Å².